The molecule has 24 heavy (non-hydrogen) atoms. The molecule has 128 valence electrons. The first-order chi connectivity index (χ1) is 11.6. The van der Waals surface area contributed by atoms with Crippen molar-refractivity contribution in [2.24, 2.45) is 0 Å². The van der Waals surface area contributed by atoms with E-state index in [1.165, 1.54) is 43.4 Å². The summed E-state index contributed by atoms with van der Waals surface area (Å²) < 4.78 is 0. The van der Waals surface area contributed by atoms with E-state index >= 15 is 0 Å². The maximum atomic E-state index is 12.3. The van der Waals surface area contributed by atoms with E-state index in [9.17, 15) is 9.90 Å². The lowest BCUT2D eigenvalue weighted by atomic mass is 9.96. The fourth-order valence-electron chi connectivity index (χ4n) is 2.94. The Kier molecular flexibility index (Phi) is 5.48. The van der Waals surface area contributed by atoms with Crippen molar-refractivity contribution in [1.82, 2.24) is 4.98 Å². The van der Waals surface area contributed by atoms with Crippen LogP contribution >= 0.6 is 11.3 Å². The van der Waals surface area contributed by atoms with Gasteiger partial charge in [-0.15, -0.1) is 11.3 Å². The lowest BCUT2D eigenvalue weighted by Gasteiger charge is -2.22. The molecule has 1 unspecified atom stereocenters. The number of nitrogens with zero attached hydrogens (tertiary/aromatic N) is 1. The highest BCUT2D eigenvalue weighted by molar-refractivity contribution is 7.13. The zero-order valence-corrected chi connectivity index (χ0v) is 14.6. The number of aromatic nitrogens is 1. The third-order valence-corrected chi connectivity index (χ3v) is 5.07. The predicted octanol–water partition coefficient (Wildman–Crippen LogP) is 4.19. The first kappa shape index (κ1) is 16.9. The van der Waals surface area contributed by atoms with E-state index in [1.807, 2.05) is 12.1 Å². The summed E-state index contributed by atoms with van der Waals surface area (Å²) in [6, 6.07) is 7.70. The monoisotopic (exact) mass is 345 g/mol. The number of carbonyl (C=O) groups is 1. The van der Waals surface area contributed by atoms with Gasteiger partial charge in [0.2, 0.25) is 0 Å². The fourth-order valence-corrected chi connectivity index (χ4v) is 3.71. The molecular formula is C18H23N3O2S. The van der Waals surface area contributed by atoms with E-state index in [0.29, 0.717) is 17.4 Å². The van der Waals surface area contributed by atoms with Crippen LogP contribution in [0.25, 0.3) is 0 Å². The van der Waals surface area contributed by atoms with Crippen LogP contribution in [0.1, 0.15) is 61.2 Å². The molecule has 0 radical (unpaired) electrons. The largest absolute Gasteiger partial charge is 0.389 e. The normalized spacial score (nSPS) is 16.6. The molecule has 1 heterocycles. The number of carbonyl (C=O) groups excluding carboxylic acids is 1. The van der Waals surface area contributed by atoms with Gasteiger partial charge in [-0.3, -0.25) is 4.79 Å². The standard InChI is InChI=1S/C18H23N3O2S/c1-12(22)13-6-5-9-15(10-13)19-17(23)16-11-24-18(21-16)20-14-7-3-2-4-8-14/h5-6,9-12,14,22H,2-4,7-8H2,1H3,(H,19,23)(H,20,21). The van der Waals surface area contributed by atoms with E-state index < -0.39 is 6.10 Å². The molecule has 2 aromatic rings. The second kappa shape index (κ2) is 7.77. The van der Waals surface area contributed by atoms with Crippen molar-refractivity contribution in [2.45, 2.75) is 51.2 Å². The van der Waals surface area contributed by atoms with Gasteiger partial charge in [0, 0.05) is 17.1 Å². The van der Waals surface area contributed by atoms with Gasteiger partial charge in [-0.1, -0.05) is 31.4 Å². The Morgan fingerprint density at radius 2 is 2.12 bits per heavy atom. The van der Waals surface area contributed by atoms with Gasteiger partial charge in [0.25, 0.3) is 5.91 Å². The van der Waals surface area contributed by atoms with E-state index in [0.717, 1.165) is 10.7 Å². The summed E-state index contributed by atoms with van der Waals surface area (Å²) in [6.07, 6.45) is 5.62. The minimum atomic E-state index is -0.563. The first-order valence-corrected chi connectivity index (χ1v) is 9.31. The molecule has 0 aliphatic heterocycles. The Bertz CT molecular complexity index is 693. The molecule has 1 atom stereocenters. The molecule has 1 aliphatic rings. The van der Waals surface area contributed by atoms with Crippen LogP contribution in [0.2, 0.25) is 0 Å². The number of rotatable bonds is 5. The van der Waals surface area contributed by atoms with Gasteiger partial charge in [-0.25, -0.2) is 4.98 Å². The molecule has 5 nitrogen and oxygen atoms in total. The Morgan fingerprint density at radius 1 is 1.33 bits per heavy atom. The van der Waals surface area contributed by atoms with Crippen LogP contribution in [-0.2, 0) is 0 Å². The summed E-state index contributed by atoms with van der Waals surface area (Å²) in [6.45, 7) is 1.70. The number of amides is 1. The highest BCUT2D eigenvalue weighted by Gasteiger charge is 2.16. The molecule has 6 heteroatoms. The quantitative estimate of drug-likeness (QED) is 0.759. The van der Waals surface area contributed by atoms with Crippen LogP contribution < -0.4 is 10.6 Å². The zero-order valence-electron chi connectivity index (χ0n) is 13.8. The second-order valence-electron chi connectivity index (χ2n) is 6.27. The highest BCUT2D eigenvalue weighted by Crippen LogP contribution is 2.24. The smallest absolute Gasteiger partial charge is 0.275 e. The summed E-state index contributed by atoms with van der Waals surface area (Å²) in [4.78, 5) is 16.7. The molecule has 0 bridgehead atoms. The van der Waals surface area contributed by atoms with Gasteiger partial charge in [-0.05, 0) is 37.5 Å². The number of anilines is 2. The van der Waals surface area contributed by atoms with Crippen LogP contribution in [0.3, 0.4) is 0 Å². The molecule has 0 saturated heterocycles. The summed E-state index contributed by atoms with van der Waals surface area (Å²) in [5.74, 6) is -0.231. The van der Waals surface area contributed by atoms with Gasteiger partial charge in [0.15, 0.2) is 5.13 Å². The molecule has 1 aliphatic carbocycles. The van der Waals surface area contributed by atoms with E-state index in [-0.39, 0.29) is 5.91 Å². The fraction of sp³-hybridized carbons (Fsp3) is 0.444. The van der Waals surface area contributed by atoms with Gasteiger partial charge in [0.05, 0.1) is 6.10 Å². The highest BCUT2D eigenvalue weighted by atomic mass is 32.1. The van der Waals surface area contributed by atoms with Crippen LogP contribution in [0.4, 0.5) is 10.8 Å². The molecule has 1 aromatic heterocycles. The van der Waals surface area contributed by atoms with Crippen molar-refractivity contribution in [1.29, 1.82) is 0 Å². The van der Waals surface area contributed by atoms with Crippen LogP contribution in [0.5, 0.6) is 0 Å². The maximum absolute atomic E-state index is 12.3. The lowest BCUT2D eigenvalue weighted by Crippen LogP contribution is -2.22. The Hall–Kier alpha value is -1.92. The Balaban J connectivity index is 1.62. The number of hydrogen-bond donors (Lipinski definition) is 3. The zero-order chi connectivity index (χ0) is 16.9. The number of hydrogen-bond acceptors (Lipinski definition) is 5. The molecule has 1 aromatic carbocycles. The van der Waals surface area contributed by atoms with Crippen molar-refractivity contribution < 1.29 is 9.90 Å². The summed E-state index contributed by atoms with van der Waals surface area (Å²) >= 11 is 1.47. The third kappa shape index (κ3) is 4.33. The van der Waals surface area contributed by atoms with Gasteiger partial charge < -0.3 is 15.7 Å². The van der Waals surface area contributed by atoms with Crippen LogP contribution in [0.15, 0.2) is 29.6 Å². The van der Waals surface area contributed by atoms with Crippen molar-refractivity contribution in [2.75, 3.05) is 10.6 Å². The third-order valence-electron chi connectivity index (χ3n) is 4.30. The SMILES string of the molecule is CC(O)c1cccc(NC(=O)c2csc(NC3CCCCC3)n2)c1. The number of aliphatic hydroxyl groups is 1. The van der Waals surface area contributed by atoms with Gasteiger partial charge in [0.1, 0.15) is 5.69 Å². The first-order valence-electron chi connectivity index (χ1n) is 8.43. The molecule has 1 saturated carbocycles. The average Bonchev–Trinajstić information content (AvgIpc) is 3.04. The van der Waals surface area contributed by atoms with E-state index in [1.54, 1.807) is 24.4 Å². The van der Waals surface area contributed by atoms with Gasteiger partial charge >= 0.3 is 0 Å². The van der Waals surface area contributed by atoms with Crippen molar-refractivity contribution >= 4 is 28.1 Å². The van der Waals surface area contributed by atoms with Crippen LogP contribution in [-0.4, -0.2) is 22.0 Å². The van der Waals surface area contributed by atoms with Crippen molar-refractivity contribution in [3.8, 4) is 0 Å². The predicted molar refractivity (Wildman–Crippen MR) is 97.6 cm³/mol. The summed E-state index contributed by atoms with van der Waals surface area (Å²) in [5.41, 5.74) is 1.85. The molecule has 3 rings (SSSR count). The van der Waals surface area contributed by atoms with Crippen molar-refractivity contribution in [3.05, 3.63) is 40.9 Å². The Labute approximate surface area is 146 Å². The summed E-state index contributed by atoms with van der Waals surface area (Å²) in [7, 11) is 0. The maximum Gasteiger partial charge on any atom is 0.275 e. The molecule has 1 amide bonds. The Morgan fingerprint density at radius 3 is 2.88 bits per heavy atom. The minimum absolute atomic E-state index is 0.231. The van der Waals surface area contributed by atoms with E-state index in [4.69, 9.17) is 0 Å². The number of aliphatic hydroxyl groups excluding tert-OH is 1. The lowest BCUT2D eigenvalue weighted by molar-refractivity contribution is 0.102. The number of nitrogens with one attached hydrogen (secondary N) is 2. The van der Waals surface area contributed by atoms with Crippen LogP contribution in [0, 0.1) is 0 Å². The topological polar surface area (TPSA) is 74.2 Å². The molecule has 1 fully saturated rings. The molecule has 0 spiro atoms. The van der Waals surface area contributed by atoms with E-state index in [2.05, 4.69) is 15.6 Å². The minimum Gasteiger partial charge on any atom is -0.389 e. The number of thiazole rings is 1. The van der Waals surface area contributed by atoms with Gasteiger partial charge in [-0.2, -0.15) is 0 Å². The van der Waals surface area contributed by atoms with Crippen molar-refractivity contribution in [3.63, 3.8) is 0 Å². The molecular weight excluding hydrogens is 322 g/mol. The average molecular weight is 345 g/mol. The second-order valence-corrected chi connectivity index (χ2v) is 7.13. The molecule has 3 N–H and O–H groups in total. The summed E-state index contributed by atoms with van der Waals surface area (Å²) in [5, 5.41) is 18.5. The number of benzene rings is 1.